The van der Waals surface area contributed by atoms with Crippen molar-refractivity contribution in [2.75, 3.05) is 31.6 Å². The third-order valence-corrected chi connectivity index (χ3v) is 6.17. The molecule has 1 saturated heterocycles. The summed E-state index contributed by atoms with van der Waals surface area (Å²) in [5.41, 5.74) is 4.31. The van der Waals surface area contributed by atoms with Crippen LogP contribution in [0.15, 0.2) is 12.1 Å². The largest absolute Gasteiger partial charge is 0.474 e. The summed E-state index contributed by atoms with van der Waals surface area (Å²) in [7, 11) is 0. The Morgan fingerprint density at radius 3 is 2.78 bits per heavy atom. The molecule has 166 valence electrons. The molecule has 0 aliphatic carbocycles. The number of fused-ring (bicyclic) bond motifs is 1. The van der Waals surface area contributed by atoms with E-state index in [0.29, 0.717) is 30.4 Å². The highest BCUT2D eigenvalue weighted by molar-refractivity contribution is 6.30. The molecule has 1 N–H and O–H groups in total. The third kappa shape index (κ3) is 4.94. The Morgan fingerprint density at radius 2 is 2.06 bits per heavy atom. The summed E-state index contributed by atoms with van der Waals surface area (Å²) < 4.78 is 11.4. The maximum Gasteiger partial charge on any atom is 0.213 e. The zero-order chi connectivity index (χ0) is 22.5. The average molecular weight is 453 g/mol. The monoisotopic (exact) mass is 452 g/mol. The van der Waals surface area contributed by atoms with E-state index in [1.165, 1.54) is 0 Å². The fraction of sp³-hybridized carbons (Fsp3) is 0.478. The van der Waals surface area contributed by atoms with Crippen molar-refractivity contribution in [3.63, 3.8) is 0 Å². The Balaban J connectivity index is 1.49. The molecule has 0 radical (unpaired) electrons. The lowest BCUT2D eigenvalue weighted by molar-refractivity contribution is 0.0236. The van der Waals surface area contributed by atoms with Crippen LogP contribution in [-0.4, -0.2) is 47.3 Å². The number of pyridine rings is 2. The fourth-order valence-corrected chi connectivity index (χ4v) is 4.42. The van der Waals surface area contributed by atoms with Gasteiger partial charge < -0.3 is 14.8 Å². The smallest absolute Gasteiger partial charge is 0.213 e. The first-order chi connectivity index (χ1) is 15.6. The van der Waals surface area contributed by atoms with Gasteiger partial charge in [0.25, 0.3) is 0 Å². The fourth-order valence-electron chi connectivity index (χ4n) is 4.18. The van der Waals surface area contributed by atoms with Crippen LogP contribution >= 0.6 is 11.6 Å². The van der Waals surface area contributed by atoms with Crippen LogP contribution in [0.5, 0.6) is 5.88 Å². The number of halogens is 1. The summed E-state index contributed by atoms with van der Waals surface area (Å²) in [6.45, 7) is 5.70. The first-order valence-corrected chi connectivity index (χ1v) is 11.1. The molecule has 0 amide bonds. The Hall–Kier alpha value is -2.91. The number of ether oxygens (including phenoxy) is 2. The molecule has 2 aliphatic rings. The molecule has 0 bridgehead atoms. The van der Waals surface area contributed by atoms with Gasteiger partial charge in [0.15, 0.2) is 0 Å². The average Bonchev–Trinajstić information content (AvgIpc) is 2.80. The van der Waals surface area contributed by atoms with Crippen LogP contribution in [0.1, 0.15) is 40.8 Å². The summed E-state index contributed by atoms with van der Waals surface area (Å²) in [5.74, 6) is 1.25. The molecule has 0 aromatic carbocycles. The van der Waals surface area contributed by atoms with Crippen LogP contribution in [0.3, 0.4) is 0 Å². The maximum atomic E-state index is 9.63. The quantitative estimate of drug-likeness (QED) is 0.525. The van der Waals surface area contributed by atoms with Gasteiger partial charge in [-0.15, -0.1) is 0 Å². The second kappa shape index (κ2) is 10.1. The molecule has 9 heteroatoms. The predicted octanol–water partition coefficient (Wildman–Crippen LogP) is 3.36. The maximum absolute atomic E-state index is 9.63. The molecule has 2 aromatic rings. The molecular formula is C23H25ClN6O2. The number of nitrogens with one attached hydrogen (secondary N) is 1. The van der Waals surface area contributed by atoms with Crippen LogP contribution in [-0.2, 0) is 24.2 Å². The van der Waals surface area contributed by atoms with Crippen LogP contribution in [0.25, 0.3) is 0 Å². The molecule has 32 heavy (non-hydrogen) atoms. The van der Waals surface area contributed by atoms with Crippen molar-refractivity contribution in [2.45, 2.75) is 45.4 Å². The van der Waals surface area contributed by atoms with Gasteiger partial charge in [-0.1, -0.05) is 17.7 Å². The number of hydrogen-bond acceptors (Lipinski definition) is 8. The van der Waals surface area contributed by atoms with Gasteiger partial charge in [-0.25, -0.2) is 9.97 Å². The van der Waals surface area contributed by atoms with Gasteiger partial charge in [-0.3, -0.25) is 4.90 Å². The number of aromatic nitrogens is 2. The van der Waals surface area contributed by atoms with E-state index in [1.807, 2.05) is 13.0 Å². The van der Waals surface area contributed by atoms with E-state index in [-0.39, 0.29) is 17.8 Å². The standard InChI is InChI=1S/C23H25ClN6O2/c1-15-16(2-3-21(28-15)32-17-5-10-31-11-6-17)13-30-9-4-18-20(14-30)19(12-26)22(24)29-23(18)27-8-7-25/h2-3,17H,4-6,8-11,13-14H2,1H3,(H,27,29). The number of hydrogen-bond donors (Lipinski definition) is 1. The van der Waals surface area contributed by atoms with Crippen molar-refractivity contribution >= 4 is 17.4 Å². The normalized spacial score (nSPS) is 16.6. The number of nitriles is 2. The highest BCUT2D eigenvalue weighted by Crippen LogP contribution is 2.32. The van der Waals surface area contributed by atoms with Gasteiger partial charge in [0.1, 0.15) is 29.7 Å². The van der Waals surface area contributed by atoms with E-state index >= 15 is 0 Å². The summed E-state index contributed by atoms with van der Waals surface area (Å²) >= 11 is 6.27. The van der Waals surface area contributed by atoms with Crippen molar-refractivity contribution in [1.29, 1.82) is 10.5 Å². The second-order valence-electron chi connectivity index (χ2n) is 7.99. The Bertz CT molecular complexity index is 1070. The van der Waals surface area contributed by atoms with Crippen molar-refractivity contribution < 1.29 is 9.47 Å². The Labute approximate surface area is 192 Å². The Kier molecular flexibility index (Phi) is 7.06. The van der Waals surface area contributed by atoms with Crippen LogP contribution in [0, 0.1) is 29.6 Å². The molecule has 4 rings (SSSR count). The van der Waals surface area contributed by atoms with Gasteiger partial charge in [0.05, 0.1) is 24.8 Å². The summed E-state index contributed by atoms with van der Waals surface area (Å²) in [4.78, 5) is 11.2. The summed E-state index contributed by atoms with van der Waals surface area (Å²) in [6, 6.07) is 8.25. The number of anilines is 1. The number of nitrogens with zero attached hydrogens (tertiary/aromatic N) is 5. The number of aryl methyl sites for hydroxylation is 1. The first kappa shape index (κ1) is 22.3. The lowest BCUT2D eigenvalue weighted by Gasteiger charge is -2.31. The van der Waals surface area contributed by atoms with Crippen LogP contribution in [0.4, 0.5) is 5.82 Å². The summed E-state index contributed by atoms with van der Waals surface area (Å²) in [6.07, 6.45) is 2.66. The molecule has 0 spiro atoms. The van der Waals surface area contributed by atoms with E-state index in [1.54, 1.807) is 0 Å². The molecule has 4 heterocycles. The minimum absolute atomic E-state index is 0.137. The van der Waals surface area contributed by atoms with Crippen molar-refractivity contribution in [3.8, 4) is 18.0 Å². The van der Waals surface area contributed by atoms with Crippen molar-refractivity contribution in [2.24, 2.45) is 0 Å². The first-order valence-electron chi connectivity index (χ1n) is 10.7. The zero-order valence-electron chi connectivity index (χ0n) is 18.0. The van der Waals surface area contributed by atoms with E-state index in [9.17, 15) is 5.26 Å². The Morgan fingerprint density at radius 1 is 1.25 bits per heavy atom. The second-order valence-corrected chi connectivity index (χ2v) is 8.35. The van der Waals surface area contributed by atoms with E-state index in [0.717, 1.165) is 61.4 Å². The predicted molar refractivity (Wildman–Crippen MR) is 119 cm³/mol. The lowest BCUT2D eigenvalue weighted by atomic mass is 9.96. The molecule has 0 saturated carbocycles. The number of rotatable bonds is 6. The topological polar surface area (TPSA) is 107 Å². The van der Waals surface area contributed by atoms with Crippen molar-refractivity contribution in [3.05, 3.63) is 45.2 Å². The van der Waals surface area contributed by atoms with Crippen molar-refractivity contribution in [1.82, 2.24) is 14.9 Å². The zero-order valence-corrected chi connectivity index (χ0v) is 18.8. The minimum Gasteiger partial charge on any atom is -0.474 e. The highest BCUT2D eigenvalue weighted by atomic mass is 35.5. The SMILES string of the molecule is Cc1nc(OC2CCOCC2)ccc1CN1CCc2c(NCC#N)nc(Cl)c(C#N)c2C1. The van der Waals surface area contributed by atoms with Gasteiger partial charge in [0, 0.05) is 49.8 Å². The highest BCUT2D eigenvalue weighted by Gasteiger charge is 2.26. The molecule has 0 unspecified atom stereocenters. The van der Waals surface area contributed by atoms with Crippen LogP contribution < -0.4 is 10.1 Å². The molecule has 8 nitrogen and oxygen atoms in total. The minimum atomic E-state index is 0.137. The third-order valence-electron chi connectivity index (χ3n) is 5.89. The lowest BCUT2D eigenvalue weighted by Crippen LogP contribution is -2.32. The van der Waals surface area contributed by atoms with E-state index in [4.69, 9.17) is 26.3 Å². The van der Waals surface area contributed by atoms with Crippen LogP contribution in [0.2, 0.25) is 5.15 Å². The molecule has 2 aliphatic heterocycles. The van der Waals surface area contributed by atoms with Gasteiger partial charge in [0.2, 0.25) is 5.88 Å². The van der Waals surface area contributed by atoms with Gasteiger partial charge in [-0.2, -0.15) is 10.5 Å². The van der Waals surface area contributed by atoms with Gasteiger partial charge in [-0.05, 0) is 24.5 Å². The summed E-state index contributed by atoms with van der Waals surface area (Å²) in [5, 5.41) is 21.7. The molecule has 2 aromatic heterocycles. The molecule has 1 fully saturated rings. The van der Waals surface area contributed by atoms with Gasteiger partial charge >= 0.3 is 0 Å². The van der Waals surface area contributed by atoms with E-state index in [2.05, 4.69) is 38.4 Å². The van der Waals surface area contributed by atoms with E-state index < -0.39 is 0 Å². The molecular weight excluding hydrogens is 428 g/mol. The molecule has 0 atom stereocenters.